The number of hydrogen-bond donors (Lipinski definition) is 0. The van der Waals surface area contributed by atoms with Gasteiger partial charge in [0.05, 0.1) is 5.52 Å². The summed E-state index contributed by atoms with van der Waals surface area (Å²) in [4.78, 5) is 4.77. The first-order valence-electron chi connectivity index (χ1n) is 5.97. The van der Waals surface area contributed by atoms with Crippen LogP contribution in [0.4, 0.5) is 0 Å². The lowest BCUT2D eigenvalue weighted by Gasteiger charge is -2.16. The Bertz CT molecular complexity index is 567. The number of aromatic nitrogens is 1. The molecule has 1 aromatic heterocycles. The van der Waals surface area contributed by atoms with Crippen LogP contribution in [0.2, 0.25) is 0 Å². The fraction of sp³-hybridized carbons (Fsp3) is 0.267. The molecule has 0 aliphatic heterocycles. The number of para-hydroxylation sites is 1. The molecule has 0 atom stereocenters. The van der Waals surface area contributed by atoms with Crippen LogP contribution in [0.5, 0.6) is 0 Å². The zero-order valence-electron chi connectivity index (χ0n) is 9.53. The van der Waals surface area contributed by atoms with Gasteiger partial charge in [-0.05, 0) is 36.5 Å². The van der Waals surface area contributed by atoms with Crippen molar-refractivity contribution in [1.29, 1.82) is 0 Å². The second-order valence-corrected chi connectivity index (χ2v) is 4.26. The molecule has 0 saturated carbocycles. The Morgan fingerprint density at radius 1 is 1.25 bits per heavy atom. The van der Waals surface area contributed by atoms with Gasteiger partial charge in [0, 0.05) is 11.1 Å². The maximum absolute atomic E-state index is 4.77. The molecule has 80 valence electrons. The van der Waals surface area contributed by atoms with Crippen LogP contribution >= 0.6 is 0 Å². The Kier molecular flexibility index (Phi) is 2.24. The van der Waals surface area contributed by atoms with Gasteiger partial charge in [-0.3, -0.25) is 4.98 Å². The second kappa shape index (κ2) is 3.75. The van der Waals surface area contributed by atoms with Crippen LogP contribution in [0.15, 0.2) is 30.3 Å². The van der Waals surface area contributed by atoms with E-state index in [4.69, 9.17) is 4.98 Å². The van der Waals surface area contributed by atoms with Crippen LogP contribution in [-0.2, 0) is 12.8 Å². The highest BCUT2D eigenvalue weighted by molar-refractivity contribution is 5.90. The average Bonchev–Trinajstić information content (AvgIpc) is 2.38. The van der Waals surface area contributed by atoms with Crippen molar-refractivity contribution in [3.8, 4) is 0 Å². The molecule has 3 rings (SSSR count). The van der Waals surface area contributed by atoms with E-state index in [1.54, 1.807) is 0 Å². The van der Waals surface area contributed by atoms with Crippen molar-refractivity contribution < 1.29 is 0 Å². The summed E-state index contributed by atoms with van der Waals surface area (Å²) in [6.45, 7) is 2.19. The summed E-state index contributed by atoms with van der Waals surface area (Å²) >= 11 is 0. The largest absolute Gasteiger partial charge is 0.253 e. The SMILES string of the molecule is CCc1nc2ccccc2c2c1CCC=C2. The fourth-order valence-corrected chi connectivity index (χ4v) is 2.52. The molecule has 0 bridgehead atoms. The van der Waals surface area contributed by atoms with Crippen molar-refractivity contribution in [3.63, 3.8) is 0 Å². The molecule has 0 fully saturated rings. The first-order valence-corrected chi connectivity index (χ1v) is 5.97. The van der Waals surface area contributed by atoms with Crippen molar-refractivity contribution in [2.45, 2.75) is 26.2 Å². The summed E-state index contributed by atoms with van der Waals surface area (Å²) in [5, 5.41) is 1.30. The third-order valence-electron chi connectivity index (χ3n) is 3.30. The molecule has 1 nitrogen and oxygen atoms in total. The lowest BCUT2D eigenvalue weighted by molar-refractivity contribution is 0.919. The van der Waals surface area contributed by atoms with Crippen molar-refractivity contribution in [1.82, 2.24) is 4.98 Å². The lowest BCUT2D eigenvalue weighted by Crippen LogP contribution is -2.03. The first kappa shape index (κ1) is 9.59. The number of nitrogens with zero attached hydrogens (tertiary/aromatic N) is 1. The first-order chi connectivity index (χ1) is 7.90. The maximum Gasteiger partial charge on any atom is 0.0711 e. The van der Waals surface area contributed by atoms with Crippen LogP contribution in [0.25, 0.3) is 17.0 Å². The van der Waals surface area contributed by atoms with Gasteiger partial charge in [0.1, 0.15) is 0 Å². The molecule has 1 heterocycles. The molecule has 0 spiro atoms. The molecule has 0 unspecified atom stereocenters. The summed E-state index contributed by atoms with van der Waals surface area (Å²) in [5.74, 6) is 0. The Balaban J connectivity index is 2.41. The predicted molar refractivity (Wildman–Crippen MR) is 68.5 cm³/mol. The monoisotopic (exact) mass is 209 g/mol. The summed E-state index contributed by atoms with van der Waals surface area (Å²) in [6, 6.07) is 8.44. The highest BCUT2D eigenvalue weighted by Crippen LogP contribution is 2.29. The zero-order valence-corrected chi connectivity index (χ0v) is 9.53. The van der Waals surface area contributed by atoms with Crippen molar-refractivity contribution in [2.75, 3.05) is 0 Å². The van der Waals surface area contributed by atoms with Gasteiger partial charge < -0.3 is 0 Å². The molecular weight excluding hydrogens is 194 g/mol. The topological polar surface area (TPSA) is 12.9 Å². The molecule has 1 aliphatic carbocycles. The fourth-order valence-electron chi connectivity index (χ4n) is 2.52. The number of hydrogen-bond acceptors (Lipinski definition) is 1. The Morgan fingerprint density at radius 3 is 3.00 bits per heavy atom. The number of fused-ring (bicyclic) bond motifs is 3. The van der Waals surface area contributed by atoms with Crippen LogP contribution in [0.1, 0.15) is 30.2 Å². The van der Waals surface area contributed by atoms with E-state index in [1.807, 2.05) is 0 Å². The normalized spacial score (nSPS) is 14.1. The standard InChI is InChI=1S/C15H15N/c1-2-14-12-8-4-3-7-11(12)13-9-5-6-10-15(13)16-14/h3,5-7,9-10H,2,4,8H2,1H3. The smallest absolute Gasteiger partial charge is 0.0711 e. The van der Waals surface area contributed by atoms with Crippen LogP contribution in [0.3, 0.4) is 0 Å². The van der Waals surface area contributed by atoms with Crippen molar-refractivity contribution >= 4 is 17.0 Å². The van der Waals surface area contributed by atoms with Crippen LogP contribution < -0.4 is 0 Å². The van der Waals surface area contributed by atoms with Crippen LogP contribution in [0, 0.1) is 0 Å². The molecule has 0 radical (unpaired) electrons. The molecule has 0 N–H and O–H groups in total. The third kappa shape index (κ3) is 1.35. The zero-order chi connectivity index (χ0) is 11.0. The molecule has 1 aromatic carbocycles. The van der Waals surface area contributed by atoms with E-state index in [2.05, 4.69) is 43.3 Å². The van der Waals surface area contributed by atoms with Gasteiger partial charge in [-0.2, -0.15) is 0 Å². The predicted octanol–water partition coefficient (Wildman–Crippen LogP) is 3.76. The molecule has 2 aromatic rings. The minimum Gasteiger partial charge on any atom is -0.253 e. The molecule has 0 amide bonds. The van der Waals surface area contributed by atoms with E-state index in [9.17, 15) is 0 Å². The van der Waals surface area contributed by atoms with Gasteiger partial charge in [-0.15, -0.1) is 0 Å². The lowest BCUT2D eigenvalue weighted by atomic mass is 9.92. The van der Waals surface area contributed by atoms with Crippen LogP contribution in [-0.4, -0.2) is 4.98 Å². The van der Waals surface area contributed by atoms with Crippen molar-refractivity contribution in [3.05, 3.63) is 47.2 Å². The Morgan fingerprint density at radius 2 is 2.12 bits per heavy atom. The highest BCUT2D eigenvalue weighted by Gasteiger charge is 2.13. The molecule has 1 aliphatic rings. The summed E-state index contributed by atoms with van der Waals surface area (Å²) in [5.41, 5.74) is 5.26. The van der Waals surface area contributed by atoms with Gasteiger partial charge >= 0.3 is 0 Å². The van der Waals surface area contributed by atoms with Gasteiger partial charge in [0.2, 0.25) is 0 Å². The van der Waals surface area contributed by atoms with E-state index in [-0.39, 0.29) is 0 Å². The number of allylic oxidation sites excluding steroid dienone is 1. The number of benzene rings is 1. The number of rotatable bonds is 1. The van der Waals surface area contributed by atoms with Gasteiger partial charge in [0.25, 0.3) is 0 Å². The van der Waals surface area contributed by atoms with E-state index in [0.717, 1.165) is 24.8 Å². The van der Waals surface area contributed by atoms with Gasteiger partial charge in [0.15, 0.2) is 0 Å². The van der Waals surface area contributed by atoms with E-state index in [1.165, 1.54) is 22.2 Å². The molecular formula is C15H15N. The summed E-state index contributed by atoms with van der Waals surface area (Å²) in [6.07, 6.45) is 7.87. The summed E-state index contributed by atoms with van der Waals surface area (Å²) in [7, 11) is 0. The van der Waals surface area contributed by atoms with Gasteiger partial charge in [-0.1, -0.05) is 37.3 Å². The quantitative estimate of drug-likeness (QED) is 0.697. The second-order valence-electron chi connectivity index (χ2n) is 4.26. The van der Waals surface area contributed by atoms with Crippen molar-refractivity contribution in [2.24, 2.45) is 0 Å². The van der Waals surface area contributed by atoms with E-state index < -0.39 is 0 Å². The Labute approximate surface area is 95.8 Å². The molecule has 16 heavy (non-hydrogen) atoms. The van der Waals surface area contributed by atoms with E-state index in [0.29, 0.717) is 0 Å². The molecule has 1 heteroatoms. The maximum atomic E-state index is 4.77. The summed E-state index contributed by atoms with van der Waals surface area (Å²) < 4.78 is 0. The van der Waals surface area contributed by atoms with E-state index >= 15 is 0 Å². The number of aryl methyl sites for hydroxylation is 1. The average molecular weight is 209 g/mol. The molecule has 0 saturated heterocycles. The van der Waals surface area contributed by atoms with Gasteiger partial charge in [-0.25, -0.2) is 0 Å². The third-order valence-corrected chi connectivity index (χ3v) is 3.30. The Hall–Kier alpha value is -1.63. The minimum atomic E-state index is 1.03. The highest BCUT2D eigenvalue weighted by atomic mass is 14.7. The number of pyridine rings is 1. The minimum absolute atomic E-state index is 1.03.